The number of benzene rings is 1. The van der Waals surface area contributed by atoms with Gasteiger partial charge in [0, 0.05) is 49.4 Å². The number of carboxylic acids is 1. The number of likely N-dealkylation sites (tertiary alicyclic amines) is 1. The Bertz CT molecular complexity index is 988. The summed E-state index contributed by atoms with van der Waals surface area (Å²) in [5, 5.41) is 25.2. The normalized spacial score (nSPS) is 16.8. The molecule has 0 saturated carbocycles. The van der Waals surface area contributed by atoms with Crippen LogP contribution in [0.15, 0.2) is 30.0 Å². The molecule has 2 aliphatic rings. The Morgan fingerprint density at radius 2 is 1.97 bits per heavy atom. The molecular weight excluding hydrogens is 465 g/mol. The van der Waals surface area contributed by atoms with Crippen molar-refractivity contribution in [1.29, 1.82) is 0 Å². The molecule has 0 atom stereocenters. The lowest BCUT2D eigenvalue weighted by Crippen LogP contribution is -2.37. The highest BCUT2D eigenvalue weighted by Crippen LogP contribution is 2.30. The maximum absolute atomic E-state index is 10.6. The summed E-state index contributed by atoms with van der Waals surface area (Å²) in [5.41, 5.74) is 3.20. The van der Waals surface area contributed by atoms with Crippen LogP contribution in [0.1, 0.15) is 30.1 Å². The van der Waals surface area contributed by atoms with Gasteiger partial charge in [0.25, 0.3) is 0 Å². The maximum Gasteiger partial charge on any atom is 0.490 e. The SMILES string of the molecule is O=C(O)C(F)(F)F.OCCc1cn(C2CCN(CC3=Cc4cc(Cl)ccc4OC3)CC2)nn1. The molecule has 0 radical (unpaired) electrons. The van der Waals surface area contributed by atoms with Crippen LogP contribution in [-0.4, -0.2) is 75.1 Å². The highest BCUT2D eigenvalue weighted by Gasteiger charge is 2.38. The van der Waals surface area contributed by atoms with Gasteiger partial charge in [0.1, 0.15) is 12.4 Å². The van der Waals surface area contributed by atoms with Crippen LogP contribution in [0, 0.1) is 0 Å². The molecular formula is C21H24ClF3N4O4. The van der Waals surface area contributed by atoms with Crippen molar-refractivity contribution in [1.82, 2.24) is 19.9 Å². The number of aliphatic hydroxyl groups is 1. The minimum atomic E-state index is -5.08. The molecule has 12 heteroatoms. The van der Waals surface area contributed by atoms with Gasteiger partial charge in [-0.05, 0) is 42.7 Å². The molecule has 3 heterocycles. The van der Waals surface area contributed by atoms with Crippen LogP contribution in [0.5, 0.6) is 5.75 Å². The third-order valence-corrected chi connectivity index (χ3v) is 5.51. The van der Waals surface area contributed by atoms with Gasteiger partial charge in [-0.15, -0.1) is 5.10 Å². The first-order chi connectivity index (χ1) is 15.7. The molecule has 0 spiro atoms. The molecule has 0 aliphatic carbocycles. The van der Waals surface area contributed by atoms with Gasteiger partial charge in [-0.1, -0.05) is 16.8 Å². The van der Waals surface area contributed by atoms with E-state index in [0.717, 1.165) is 54.5 Å². The predicted molar refractivity (Wildman–Crippen MR) is 114 cm³/mol. The number of nitrogens with zero attached hydrogens (tertiary/aromatic N) is 4. The van der Waals surface area contributed by atoms with Gasteiger partial charge in [-0.2, -0.15) is 13.2 Å². The van der Waals surface area contributed by atoms with E-state index in [2.05, 4.69) is 21.3 Å². The van der Waals surface area contributed by atoms with Gasteiger partial charge in [0.15, 0.2) is 0 Å². The summed E-state index contributed by atoms with van der Waals surface area (Å²) in [6.45, 7) is 3.73. The Morgan fingerprint density at radius 1 is 1.27 bits per heavy atom. The molecule has 1 aromatic carbocycles. The number of carbonyl (C=O) groups is 1. The number of hydrogen-bond donors (Lipinski definition) is 2. The highest BCUT2D eigenvalue weighted by molar-refractivity contribution is 6.30. The van der Waals surface area contributed by atoms with Crippen LogP contribution in [0.25, 0.3) is 6.08 Å². The molecule has 1 saturated heterocycles. The number of halogens is 4. The highest BCUT2D eigenvalue weighted by atomic mass is 35.5. The van der Waals surface area contributed by atoms with E-state index in [4.69, 9.17) is 31.3 Å². The molecule has 4 rings (SSSR count). The van der Waals surface area contributed by atoms with Gasteiger partial charge < -0.3 is 14.9 Å². The Morgan fingerprint density at radius 3 is 2.61 bits per heavy atom. The van der Waals surface area contributed by atoms with E-state index in [1.165, 1.54) is 5.57 Å². The van der Waals surface area contributed by atoms with Gasteiger partial charge in [0.2, 0.25) is 0 Å². The summed E-state index contributed by atoms with van der Waals surface area (Å²) in [6.07, 6.45) is 1.76. The fourth-order valence-corrected chi connectivity index (χ4v) is 3.82. The minimum absolute atomic E-state index is 0.114. The van der Waals surface area contributed by atoms with Crippen LogP contribution in [0.3, 0.4) is 0 Å². The van der Waals surface area contributed by atoms with Crippen molar-refractivity contribution in [2.24, 2.45) is 0 Å². The largest absolute Gasteiger partial charge is 0.490 e. The number of piperidine rings is 1. The molecule has 2 N–H and O–H groups in total. The van der Waals surface area contributed by atoms with Crippen molar-refractivity contribution in [2.45, 2.75) is 31.5 Å². The second kappa shape index (κ2) is 11.0. The molecule has 0 amide bonds. The second-order valence-electron chi connectivity index (χ2n) is 7.75. The molecule has 2 aliphatic heterocycles. The number of hydrogen-bond acceptors (Lipinski definition) is 6. The molecule has 0 unspecified atom stereocenters. The zero-order valence-electron chi connectivity index (χ0n) is 17.6. The summed E-state index contributed by atoms with van der Waals surface area (Å²) in [7, 11) is 0. The number of aliphatic carboxylic acids is 1. The lowest BCUT2D eigenvalue weighted by molar-refractivity contribution is -0.192. The summed E-state index contributed by atoms with van der Waals surface area (Å²) in [4.78, 5) is 11.4. The quantitative estimate of drug-likeness (QED) is 0.666. The average Bonchev–Trinajstić information content (AvgIpc) is 3.23. The van der Waals surface area contributed by atoms with E-state index in [1.807, 2.05) is 29.1 Å². The molecule has 33 heavy (non-hydrogen) atoms. The van der Waals surface area contributed by atoms with Crippen molar-refractivity contribution in [3.63, 3.8) is 0 Å². The monoisotopic (exact) mass is 488 g/mol. The number of aromatic nitrogens is 3. The number of fused-ring (bicyclic) bond motifs is 1. The lowest BCUT2D eigenvalue weighted by atomic mass is 10.0. The maximum atomic E-state index is 10.6. The standard InChI is InChI=1S/C19H23ClN4O2.C2HF3O2/c20-16-1-2-19-15(10-16)9-14(13-26-19)11-23-6-3-18(4-7-23)24-12-17(5-8-25)21-22-24;3-2(4,5)1(6)7/h1-2,9-10,12,18,25H,3-8,11,13H2;(H,6,7). The predicted octanol–water partition coefficient (Wildman–Crippen LogP) is 3.21. The minimum Gasteiger partial charge on any atom is -0.489 e. The second-order valence-corrected chi connectivity index (χ2v) is 8.18. The van der Waals surface area contributed by atoms with Crippen LogP contribution in [0.4, 0.5) is 13.2 Å². The van der Waals surface area contributed by atoms with Gasteiger partial charge in [-0.3, -0.25) is 4.90 Å². The Hall–Kier alpha value is -2.63. The summed E-state index contributed by atoms with van der Waals surface area (Å²) < 4.78 is 39.6. The summed E-state index contributed by atoms with van der Waals surface area (Å²) in [5.74, 6) is -1.85. The van der Waals surface area contributed by atoms with E-state index in [0.29, 0.717) is 19.1 Å². The molecule has 2 aromatic rings. The Kier molecular flexibility index (Phi) is 8.33. The summed E-state index contributed by atoms with van der Waals surface area (Å²) in [6, 6.07) is 6.14. The first kappa shape index (κ1) is 25.0. The van der Waals surface area contributed by atoms with E-state index in [-0.39, 0.29) is 6.61 Å². The van der Waals surface area contributed by atoms with Crippen molar-refractivity contribution in [3.05, 3.63) is 46.2 Å². The van der Waals surface area contributed by atoms with Gasteiger partial charge in [-0.25, -0.2) is 9.48 Å². The zero-order valence-corrected chi connectivity index (χ0v) is 18.4. The lowest BCUT2D eigenvalue weighted by Gasteiger charge is -2.33. The van der Waals surface area contributed by atoms with Gasteiger partial charge in [0.05, 0.1) is 11.7 Å². The van der Waals surface area contributed by atoms with E-state index in [9.17, 15) is 13.2 Å². The van der Waals surface area contributed by atoms with E-state index >= 15 is 0 Å². The number of ether oxygens (including phenoxy) is 1. The van der Waals surface area contributed by atoms with Crippen LogP contribution >= 0.6 is 11.6 Å². The van der Waals surface area contributed by atoms with Crippen LogP contribution in [0.2, 0.25) is 5.02 Å². The Balaban J connectivity index is 0.000000383. The van der Waals surface area contributed by atoms with Gasteiger partial charge >= 0.3 is 12.1 Å². The molecule has 0 bridgehead atoms. The Labute approximate surface area is 193 Å². The number of alkyl halides is 3. The van der Waals surface area contributed by atoms with Crippen molar-refractivity contribution in [3.8, 4) is 5.75 Å². The summed E-state index contributed by atoms with van der Waals surface area (Å²) >= 11 is 6.09. The zero-order chi connectivity index (χ0) is 24.0. The van der Waals surface area contributed by atoms with E-state index in [1.54, 1.807) is 0 Å². The van der Waals surface area contributed by atoms with Crippen LogP contribution in [-0.2, 0) is 11.2 Å². The molecule has 1 aromatic heterocycles. The fraction of sp³-hybridized carbons (Fsp3) is 0.476. The first-order valence-corrected chi connectivity index (χ1v) is 10.7. The third kappa shape index (κ3) is 7.18. The molecule has 8 nitrogen and oxygen atoms in total. The van der Waals surface area contributed by atoms with Crippen LogP contribution < -0.4 is 4.74 Å². The molecule has 1 fully saturated rings. The average molecular weight is 489 g/mol. The van der Waals surface area contributed by atoms with E-state index < -0.39 is 12.1 Å². The fourth-order valence-electron chi connectivity index (χ4n) is 3.64. The molecule has 180 valence electrons. The van der Waals surface area contributed by atoms with Crippen molar-refractivity contribution in [2.75, 3.05) is 32.8 Å². The third-order valence-electron chi connectivity index (χ3n) is 5.27. The van der Waals surface area contributed by atoms with Crippen molar-refractivity contribution < 1.29 is 32.9 Å². The number of aliphatic hydroxyl groups excluding tert-OH is 1. The van der Waals surface area contributed by atoms with Crippen molar-refractivity contribution >= 4 is 23.6 Å². The number of rotatable bonds is 5. The number of carboxylic acid groups (broad SMARTS) is 1. The first-order valence-electron chi connectivity index (χ1n) is 10.3. The topological polar surface area (TPSA) is 101 Å². The smallest absolute Gasteiger partial charge is 0.489 e.